The highest BCUT2D eigenvalue weighted by Gasteiger charge is 2.61. The van der Waals surface area contributed by atoms with Crippen LogP contribution in [0.2, 0.25) is 0 Å². The first kappa shape index (κ1) is 17.3. The molecule has 0 N–H and O–H groups in total. The van der Waals surface area contributed by atoms with Crippen LogP contribution in [0.1, 0.15) is 118 Å². The molecule has 6 aliphatic rings. The van der Waals surface area contributed by atoms with Gasteiger partial charge in [-0.3, -0.25) is 0 Å². The summed E-state index contributed by atoms with van der Waals surface area (Å²) in [5.74, 6) is 0.302. The summed E-state index contributed by atoms with van der Waals surface area (Å²) in [4.78, 5) is 1.05. The Kier molecular flexibility index (Phi) is 3.43. The summed E-state index contributed by atoms with van der Waals surface area (Å²) >= 11 is 0. The Morgan fingerprint density at radius 3 is 1.90 bits per heavy atom. The van der Waals surface area contributed by atoms with Crippen molar-refractivity contribution in [2.45, 2.75) is 88.9 Å². The van der Waals surface area contributed by atoms with Crippen LogP contribution in [0.15, 0.2) is 107 Å². The van der Waals surface area contributed by atoms with Crippen molar-refractivity contribution in [3.05, 3.63) is 125 Å². The predicted molar refractivity (Wildman–Crippen MR) is 207 cm³/mol. The first-order valence-corrected chi connectivity index (χ1v) is 17.9. The van der Waals surface area contributed by atoms with Crippen molar-refractivity contribution in [1.82, 2.24) is 0 Å². The minimum Gasteiger partial charge on any atom is -0.456 e. The summed E-state index contributed by atoms with van der Waals surface area (Å²) < 4.78 is 166. The van der Waals surface area contributed by atoms with Gasteiger partial charge in [0.05, 0.1) is 23.3 Å². The van der Waals surface area contributed by atoms with Crippen LogP contribution >= 0.6 is 0 Å². The van der Waals surface area contributed by atoms with Gasteiger partial charge >= 0.3 is 0 Å². The molecule has 0 saturated heterocycles. The van der Waals surface area contributed by atoms with Crippen LogP contribution < -0.4 is 4.90 Å². The Morgan fingerprint density at radius 2 is 1.12 bits per heavy atom. The molecule has 0 radical (unpaired) electrons. The monoisotopic (exact) mass is 670 g/mol. The van der Waals surface area contributed by atoms with Gasteiger partial charge in [-0.25, -0.2) is 0 Å². The number of anilines is 3. The Morgan fingerprint density at radius 1 is 0.540 bits per heavy atom. The molecule has 12 rings (SSSR count). The normalized spacial score (nSPS) is 32.6. The average Bonchev–Trinajstić information content (AvgIpc) is 3.83. The Balaban J connectivity index is 1.33. The second-order valence-corrected chi connectivity index (χ2v) is 16.7. The number of fused-ring (bicyclic) bond motifs is 7. The largest absolute Gasteiger partial charge is 0.456 e. The van der Waals surface area contributed by atoms with Crippen LogP contribution in [0.3, 0.4) is 0 Å². The minimum absolute atomic E-state index is 0.0364. The molecule has 5 aromatic carbocycles. The SMILES string of the molecule is [2H]c1c([2H])c([2H])c2c(c1[2H])-c1c([2H])c([2H])c(N(c3c([2H])c([2H])c4c(c3[2H])C(C)(C)CCC4(C)C)c3c([2H])c([2H])c4c(oc5c([2H])c([2H])c([2H])c([2H])c54)c3[2H])c([2H])c1C21C2CC3CC(C2)CC1C3. The molecule has 2 heteroatoms. The van der Waals surface area contributed by atoms with E-state index in [9.17, 15) is 15.1 Å². The molecule has 1 spiro atoms. The standard InChI is InChI=1S/C48H47NO/c1-46(2)19-20-47(3,4)43-27-34(15-18-41(43)46)49(35-14-17-39-38-10-6-8-12-44(38)50-45(39)28-35)33-13-16-37-36-9-5-7-11-40(36)48(42(37)26-33)31-22-29-21-30(24-31)25-32(48)23-29/h5-18,26-32H,19-25H2,1-4H3/i5D,6D,7D,8D,9D,10D,11D,12D,13D,14D,15D,16D,17D,18D,26D,27D,28D. The van der Waals surface area contributed by atoms with E-state index in [1.165, 1.54) is 0 Å². The number of hydrogen-bond donors (Lipinski definition) is 0. The van der Waals surface area contributed by atoms with Gasteiger partial charge < -0.3 is 9.32 Å². The van der Waals surface area contributed by atoms with Gasteiger partial charge in [-0.2, -0.15) is 0 Å². The maximum absolute atomic E-state index is 10.6. The molecule has 0 atom stereocenters. The topological polar surface area (TPSA) is 16.4 Å². The highest BCUT2D eigenvalue weighted by atomic mass is 16.3. The quantitative estimate of drug-likeness (QED) is 0.186. The molecule has 50 heavy (non-hydrogen) atoms. The van der Waals surface area contributed by atoms with E-state index < -0.39 is 112 Å². The lowest BCUT2D eigenvalue weighted by Crippen LogP contribution is -2.55. The summed E-state index contributed by atoms with van der Waals surface area (Å²) in [6.07, 6.45) is 5.10. The zero-order chi connectivity index (χ0) is 48.4. The fourth-order valence-electron chi connectivity index (χ4n) is 10.8. The minimum atomic E-state index is -1.21. The van der Waals surface area contributed by atoms with Crippen LogP contribution in [-0.2, 0) is 16.2 Å². The molecule has 6 aliphatic carbocycles. The molecule has 0 aliphatic heterocycles. The van der Waals surface area contributed by atoms with E-state index in [4.69, 9.17) is 12.6 Å². The Labute approximate surface area is 320 Å². The molecule has 4 bridgehead atoms. The lowest BCUT2D eigenvalue weighted by Gasteiger charge is -2.61. The van der Waals surface area contributed by atoms with E-state index in [0.717, 1.165) is 11.3 Å². The number of nitrogens with zero attached hydrogens (tertiary/aromatic N) is 1. The molecular formula is C48H47NO. The highest BCUT2D eigenvalue weighted by Crippen LogP contribution is 2.69. The molecule has 250 valence electrons. The summed E-state index contributed by atoms with van der Waals surface area (Å²) in [5, 5.41) is -0.486. The smallest absolute Gasteiger partial charge is 0.137 e. The van der Waals surface area contributed by atoms with Crippen molar-refractivity contribution in [1.29, 1.82) is 0 Å². The number of para-hydroxylation sites is 1. The van der Waals surface area contributed by atoms with Gasteiger partial charge in [-0.1, -0.05) is 82.1 Å². The maximum Gasteiger partial charge on any atom is 0.137 e. The van der Waals surface area contributed by atoms with Crippen LogP contribution in [-0.4, -0.2) is 0 Å². The molecule has 0 amide bonds. The Hall–Kier alpha value is -4.30. The van der Waals surface area contributed by atoms with Gasteiger partial charge in [-0.05, 0) is 155 Å². The first-order chi connectivity index (χ1) is 31.3. The van der Waals surface area contributed by atoms with E-state index in [-0.39, 0.29) is 74.7 Å². The van der Waals surface area contributed by atoms with Gasteiger partial charge in [0, 0.05) is 39.3 Å². The van der Waals surface area contributed by atoms with E-state index in [2.05, 4.69) is 0 Å². The average molecular weight is 671 g/mol. The van der Waals surface area contributed by atoms with Crippen molar-refractivity contribution in [2.75, 3.05) is 4.90 Å². The number of hydrogen-bond acceptors (Lipinski definition) is 2. The zero-order valence-electron chi connectivity index (χ0n) is 45.6. The molecule has 6 aromatic rings. The van der Waals surface area contributed by atoms with E-state index in [1.54, 1.807) is 0 Å². The fourth-order valence-corrected chi connectivity index (χ4v) is 10.8. The lowest BCUT2D eigenvalue weighted by atomic mass is 9.43. The van der Waals surface area contributed by atoms with E-state index in [0.29, 0.717) is 67.1 Å². The summed E-state index contributed by atoms with van der Waals surface area (Å²) in [6, 6.07) is -8.63. The second kappa shape index (κ2) is 9.93. The molecule has 1 aromatic heterocycles. The third-order valence-electron chi connectivity index (χ3n) is 13.1. The lowest BCUT2D eigenvalue weighted by molar-refractivity contribution is -0.0399. The molecule has 0 unspecified atom stereocenters. The van der Waals surface area contributed by atoms with Gasteiger partial charge in [0.2, 0.25) is 0 Å². The van der Waals surface area contributed by atoms with Crippen molar-refractivity contribution in [3.8, 4) is 11.1 Å². The van der Waals surface area contributed by atoms with Gasteiger partial charge in [0.25, 0.3) is 0 Å². The van der Waals surface area contributed by atoms with Gasteiger partial charge in [0.1, 0.15) is 11.2 Å². The van der Waals surface area contributed by atoms with Crippen LogP contribution in [0, 0.1) is 23.7 Å². The molecule has 4 saturated carbocycles. The third kappa shape index (κ3) is 3.86. The Bertz CT molecular complexity index is 3290. The number of rotatable bonds is 3. The number of benzene rings is 5. The van der Waals surface area contributed by atoms with E-state index >= 15 is 0 Å². The number of furan rings is 1. The third-order valence-corrected chi connectivity index (χ3v) is 13.1. The van der Waals surface area contributed by atoms with Crippen LogP contribution in [0.25, 0.3) is 33.1 Å². The molecule has 1 heterocycles. The van der Waals surface area contributed by atoms with E-state index in [1.807, 2.05) is 27.7 Å². The molecule has 4 fully saturated rings. The van der Waals surface area contributed by atoms with Crippen molar-refractivity contribution < 1.29 is 27.7 Å². The van der Waals surface area contributed by atoms with Crippen molar-refractivity contribution in [3.63, 3.8) is 0 Å². The van der Waals surface area contributed by atoms with Crippen molar-refractivity contribution >= 4 is 39.0 Å². The van der Waals surface area contributed by atoms with Gasteiger partial charge in [-0.15, -0.1) is 0 Å². The fraction of sp³-hybridized carbons (Fsp3) is 0.375. The van der Waals surface area contributed by atoms with Crippen LogP contribution in [0.5, 0.6) is 0 Å². The van der Waals surface area contributed by atoms with Gasteiger partial charge in [0.15, 0.2) is 0 Å². The molecular weight excluding hydrogens is 607 g/mol. The predicted octanol–water partition coefficient (Wildman–Crippen LogP) is 13.1. The zero-order valence-corrected chi connectivity index (χ0v) is 28.6. The highest BCUT2D eigenvalue weighted by molar-refractivity contribution is 6.06. The van der Waals surface area contributed by atoms with Crippen LogP contribution in [0.4, 0.5) is 17.1 Å². The van der Waals surface area contributed by atoms with Crippen molar-refractivity contribution in [2.24, 2.45) is 23.7 Å². The summed E-state index contributed by atoms with van der Waals surface area (Å²) in [6.45, 7) is 7.74. The summed E-state index contributed by atoms with van der Waals surface area (Å²) in [5.41, 5.74) is -3.24. The maximum atomic E-state index is 10.6. The first-order valence-electron chi connectivity index (χ1n) is 26.4. The summed E-state index contributed by atoms with van der Waals surface area (Å²) in [7, 11) is 0. The second-order valence-electron chi connectivity index (χ2n) is 16.7. The molecule has 2 nitrogen and oxygen atoms in total.